The molecule has 4 heterocycles. The number of benzene rings is 2. The van der Waals surface area contributed by atoms with Crippen LogP contribution in [0.3, 0.4) is 0 Å². The molecule has 2 aliphatic heterocycles. The minimum atomic E-state index is 0.148. The molecule has 0 bridgehead atoms. The van der Waals surface area contributed by atoms with Crippen molar-refractivity contribution in [1.29, 1.82) is 0 Å². The molecule has 2 aromatic carbocycles. The van der Waals surface area contributed by atoms with Gasteiger partial charge in [-0.2, -0.15) is 0 Å². The van der Waals surface area contributed by atoms with Crippen LogP contribution in [0.25, 0.3) is 0 Å². The van der Waals surface area contributed by atoms with Crippen molar-refractivity contribution in [2.45, 2.75) is 44.8 Å². The first kappa shape index (κ1) is 30.6. The van der Waals surface area contributed by atoms with Gasteiger partial charge in [-0.1, -0.05) is 24.3 Å². The summed E-state index contributed by atoms with van der Waals surface area (Å²) in [5.74, 6) is 2.19. The highest BCUT2D eigenvalue weighted by Crippen LogP contribution is 2.39. The van der Waals surface area contributed by atoms with Crippen molar-refractivity contribution in [2.75, 3.05) is 50.0 Å². The Labute approximate surface area is 267 Å². The maximum Gasteiger partial charge on any atom is 0.227 e. The second-order valence-electron chi connectivity index (χ2n) is 11.5. The van der Waals surface area contributed by atoms with E-state index in [9.17, 15) is 0 Å². The molecule has 3 aliphatic rings. The van der Waals surface area contributed by atoms with Gasteiger partial charge < -0.3 is 30.7 Å². The molecule has 9 nitrogen and oxygen atoms in total. The molecule has 3 fully saturated rings. The van der Waals surface area contributed by atoms with E-state index in [0.717, 1.165) is 66.6 Å². The quantitative estimate of drug-likeness (QED) is 0.174. The van der Waals surface area contributed by atoms with Gasteiger partial charge in [0.1, 0.15) is 5.82 Å². The number of nitrogens with zero attached hydrogens (tertiary/aromatic N) is 3. The van der Waals surface area contributed by atoms with E-state index in [2.05, 4.69) is 96.3 Å². The fourth-order valence-corrected chi connectivity index (χ4v) is 5.49. The molecular weight excluding hydrogens is 618 g/mol. The van der Waals surface area contributed by atoms with Gasteiger partial charge in [0.05, 0.1) is 25.4 Å². The first-order chi connectivity index (χ1) is 21.5. The van der Waals surface area contributed by atoms with E-state index in [4.69, 9.17) is 9.47 Å². The molecule has 0 amide bonds. The molecule has 10 heteroatoms. The van der Waals surface area contributed by atoms with Crippen molar-refractivity contribution in [2.24, 2.45) is 0 Å². The maximum absolute atomic E-state index is 5.81. The smallest absolute Gasteiger partial charge is 0.227 e. The molecule has 1 unspecified atom stereocenters. The zero-order valence-electron chi connectivity index (χ0n) is 25.3. The van der Waals surface area contributed by atoms with Crippen molar-refractivity contribution in [3.63, 3.8) is 0 Å². The highest BCUT2D eigenvalue weighted by molar-refractivity contribution is 9.10. The minimum absolute atomic E-state index is 0.148. The lowest BCUT2D eigenvalue weighted by Gasteiger charge is -2.24. The Kier molecular flexibility index (Phi) is 10.1. The van der Waals surface area contributed by atoms with Gasteiger partial charge in [-0.15, -0.1) is 0 Å². The third kappa shape index (κ3) is 8.19. The number of morpholine rings is 2. The van der Waals surface area contributed by atoms with Crippen molar-refractivity contribution in [1.82, 2.24) is 25.6 Å². The molecule has 0 spiro atoms. The van der Waals surface area contributed by atoms with Crippen LogP contribution in [-0.2, 0) is 9.47 Å². The van der Waals surface area contributed by atoms with Crippen molar-refractivity contribution < 1.29 is 9.47 Å². The summed E-state index contributed by atoms with van der Waals surface area (Å²) in [5.41, 5.74) is 8.08. The van der Waals surface area contributed by atoms with Crippen LogP contribution < -0.4 is 21.3 Å². The van der Waals surface area contributed by atoms with Gasteiger partial charge in [0.2, 0.25) is 5.95 Å². The maximum atomic E-state index is 5.81. The van der Waals surface area contributed by atoms with Crippen LogP contribution in [0.2, 0.25) is 0 Å². The van der Waals surface area contributed by atoms with Crippen molar-refractivity contribution in [3.05, 3.63) is 99.4 Å². The summed E-state index contributed by atoms with van der Waals surface area (Å²) in [6.45, 7) is 9.32. The summed E-state index contributed by atoms with van der Waals surface area (Å²) in [6, 6.07) is 16.7. The monoisotopic (exact) mass is 657 g/mol. The number of rotatable bonds is 7. The number of aryl methyl sites for hydroxylation is 2. The van der Waals surface area contributed by atoms with Crippen LogP contribution >= 0.6 is 15.9 Å². The van der Waals surface area contributed by atoms with E-state index in [1.54, 1.807) is 0 Å². The van der Waals surface area contributed by atoms with Gasteiger partial charge in [0.15, 0.2) is 0 Å². The van der Waals surface area contributed by atoms with E-state index in [1.165, 1.54) is 35.1 Å². The fourth-order valence-electron chi connectivity index (χ4n) is 5.27. The zero-order valence-corrected chi connectivity index (χ0v) is 26.9. The van der Waals surface area contributed by atoms with Crippen LogP contribution in [0.1, 0.15) is 58.8 Å². The third-order valence-corrected chi connectivity index (χ3v) is 8.88. The van der Waals surface area contributed by atoms with E-state index in [0.29, 0.717) is 11.9 Å². The number of hydrogen-bond donors (Lipinski definition) is 4. The number of aromatic nitrogens is 3. The third-order valence-electron chi connectivity index (χ3n) is 8.05. The largest absolute Gasteiger partial charge is 0.371 e. The number of ether oxygens (including phenoxy) is 2. The van der Waals surface area contributed by atoms with Gasteiger partial charge in [0, 0.05) is 60.6 Å². The van der Waals surface area contributed by atoms with Crippen LogP contribution in [0.4, 0.5) is 23.1 Å². The Morgan fingerprint density at radius 1 is 0.727 bits per heavy atom. The van der Waals surface area contributed by atoms with Crippen LogP contribution in [0, 0.1) is 13.8 Å². The lowest BCUT2D eigenvalue weighted by Crippen LogP contribution is -2.33. The topological polar surface area (TPSA) is 105 Å². The van der Waals surface area contributed by atoms with Crippen LogP contribution in [-0.4, -0.2) is 54.3 Å². The van der Waals surface area contributed by atoms with E-state index in [-0.39, 0.29) is 12.2 Å². The molecule has 0 radical (unpaired) electrons. The summed E-state index contributed by atoms with van der Waals surface area (Å²) in [5, 5.41) is 13.3. The van der Waals surface area contributed by atoms with Gasteiger partial charge in [-0.05, 0) is 101 Å². The summed E-state index contributed by atoms with van der Waals surface area (Å²) < 4.78 is 12.6. The second kappa shape index (κ2) is 14.6. The number of hydrogen-bond acceptors (Lipinski definition) is 9. The molecule has 1 saturated carbocycles. The summed E-state index contributed by atoms with van der Waals surface area (Å²) >= 11 is 3.47. The van der Waals surface area contributed by atoms with Crippen molar-refractivity contribution >= 4 is 39.1 Å². The second-order valence-corrected chi connectivity index (χ2v) is 12.4. The molecule has 7 rings (SSSR count). The molecule has 2 saturated heterocycles. The molecular formula is C34H40BrN7O2. The lowest BCUT2D eigenvalue weighted by molar-refractivity contribution is 0.0276. The predicted molar refractivity (Wildman–Crippen MR) is 178 cm³/mol. The first-order valence-corrected chi connectivity index (χ1v) is 16.1. The molecule has 44 heavy (non-hydrogen) atoms. The molecule has 4 N–H and O–H groups in total. The summed E-state index contributed by atoms with van der Waals surface area (Å²) in [6.07, 6.45) is 8.53. The molecule has 1 aliphatic carbocycles. The van der Waals surface area contributed by atoms with Gasteiger partial charge >= 0.3 is 0 Å². The molecule has 230 valence electrons. The van der Waals surface area contributed by atoms with Crippen LogP contribution in [0.5, 0.6) is 0 Å². The lowest BCUT2D eigenvalue weighted by atomic mass is 10.0. The number of pyridine rings is 1. The molecule has 2 aromatic heterocycles. The predicted octanol–water partition coefficient (Wildman–Crippen LogP) is 6.62. The summed E-state index contributed by atoms with van der Waals surface area (Å²) in [7, 11) is 0. The highest BCUT2D eigenvalue weighted by Gasteiger charge is 2.24. The average Bonchev–Trinajstić information content (AvgIpc) is 3.92. The molecule has 2 atom stereocenters. The SMILES string of the molecule is Cc1cc(Nc2ccc(C3CNCCO3)cc2C)ncc1Br.c1cc([C@@H]2CNCCO2)ccc1Nc1ncc(C2CC2)cn1. The Bertz CT molecular complexity index is 1520. The molecule has 4 aromatic rings. The van der Waals surface area contributed by atoms with Crippen LogP contribution in [0.15, 0.2) is 71.6 Å². The Hall–Kier alpha value is -3.41. The van der Waals surface area contributed by atoms with E-state index >= 15 is 0 Å². The van der Waals surface area contributed by atoms with Gasteiger partial charge in [-0.3, -0.25) is 0 Å². The van der Waals surface area contributed by atoms with E-state index < -0.39 is 0 Å². The Morgan fingerprint density at radius 2 is 1.39 bits per heavy atom. The van der Waals surface area contributed by atoms with Gasteiger partial charge in [-0.25, -0.2) is 15.0 Å². The van der Waals surface area contributed by atoms with Gasteiger partial charge in [0.25, 0.3) is 0 Å². The first-order valence-electron chi connectivity index (χ1n) is 15.3. The number of anilines is 4. The Morgan fingerprint density at radius 3 is 1.98 bits per heavy atom. The zero-order chi connectivity index (χ0) is 30.3. The van der Waals surface area contributed by atoms with Crippen molar-refractivity contribution in [3.8, 4) is 0 Å². The highest BCUT2D eigenvalue weighted by atomic mass is 79.9. The normalized spacial score (nSPS) is 19.9. The minimum Gasteiger partial charge on any atom is -0.371 e. The number of halogens is 1. The summed E-state index contributed by atoms with van der Waals surface area (Å²) in [4.78, 5) is 13.2. The van der Waals surface area contributed by atoms with E-state index in [1.807, 2.05) is 36.8 Å². The Balaban J connectivity index is 0.000000156. The standard InChI is InChI=1S/C17H20BrN3O.C17H20N4O/c1-11-8-17(20-9-14(11)18)21-15-4-3-13(7-12(15)2)16-10-19-5-6-22-16;1-2-12(1)14-9-19-17(20-10-14)21-15-5-3-13(4-6-15)16-11-18-7-8-22-16/h3-4,7-9,16,19H,5-6,10H2,1-2H3,(H,20,21);3-6,9-10,12,16,18H,1-2,7-8,11H2,(H,19,20,21)/t;16-/m.0/s1. The fraction of sp³-hybridized carbons (Fsp3) is 0.382. The average molecular weight is 659 g/mol. The number of nitrogens with one attached hydrogen (secondary N) is 4.